The molecule has 4 atom stereocenters. The number of amides is 4. The Morgan fingerprint density at radius 3 is 2.06 bits per heavy atom. The summed E-state index contributed by atoms with van der Waals surface area (Å²) >= 11 is 0. The minimum Gasteiger partial charge on any atom is -0.481 e. The lowest BCUT2D eigenvalue weighted by Crippen LogP contribution is -2.58. The second kappa shape index (κ2) is 12.0. The normalized spacial score (nSPS) is 14.3. The van der Waals surface area contributed by atoms with E-state index in [4.69, 9.17) is 21.7 Å². The fraction of sp³-hybridized carbons (Fsp3) is 0.471. The minimum absolute atomic E-state index is 0.0356. The van der Waals surface area contributed by atoms with Crippen molar-refractivity contribution in [3.05, 3.63) is 18.2 Å². The number of hydrogen-bond acceptors (Lipinski definition) is 8. The van der Waals surface area contributed by atoms with Crippen LogP contribution in [0, 0.1) is 0 Å². The second-order valence-electron chi connectivity index (χ2n) is 6.85. The van der Waals surface area contributed by atoms with Crippen molar-refractivity contribution in [3.8, 4) is 0 Å². The van der Waals surface area contributed by atoms with Gasteiger partial charge in [0.1, 0.15) is 18.1 Å². The third kappa shape index (κ3) is 8.78. The number of nitrogens with one attached hydrogen (secondary N) is 4. The highest BCUT2D eigenvalue weighted by Crippen LogP contribution is 2.02. The van der Waals surface area contributed by atoms with E-state index in [0.29, 0.717) is 5.69 Å². The molecule has 0 spiro atoms. The lowest BCUT2D eigenvalue weighted by molar-refractivity contribution is -0.143. The van der Waals surface area contributed by atoms with Crippen molar-refractivity contribution in [2.45, 2.75) is 50.4 Å². The molecular formula is C17H25N7O8. The molecular weight excluding hydrogens is 430 g/mol. The standard InChI is InChI=1S/C17H25N7O8/c1-7(17(31)32)22-15(29)11(4-13(26)27)24-16(30)10(3-12(19)25)23-14(28)9(18)2-8-5-20-6-21-8/h5-7,9-11H,2-4,18H2,1H3,(H2,19,25)(H,20,21)(H,22,29)(H,23,28)(H,24,30)(H,26,27)(H,31,32). The summed E-state index contributed by atoms with van der Waals surface area (Å²) in [4.78, 5) is 77.0. The van der Waals surface area contributed by atoms with Gasteiger partial charge in [0.15, 0.2) is 0 Å². The Balaban J connectivity index is 2.90. The number of carbonyl (C=O) groups excluding carboxylic acids is 4. The summed E-state index contributed by atoms with van der Waals surface area (Å²) in [6.07, 6.45) is 1.30. The molecule has 0 saturated heterocycles. The first-order valence-corrected chi connectivity index (χ1v) is 9.27. The summed E-state index contributed by atoms with van der Waals surface area (Å²) in [5, 5.41) is 24.2. The molecule has 0 aliphatic carbocycles. The van der Waals surface area contributed by atoms with Crippen LogP contribution in [0.5, 0.6) is 0 Å². The number of aliphatic carboxylic acids is 2. The van der Waals surface area contributed by atoms with E-state index in [9.17, 15) is 28.8 Å². The zero-order valence-corrected chi connectivity index (χ0v) is 17.0. The highest BCUT2D eigenvalue weighted by atomic mass is 16.4. The number of H-pyrrole nitrogens is 1. The van der Waals surface area contributed by atoms with E-state index in [1.807, 2.05) is 5.32 Å². The number of carbonyl (C=O) groups is 6. The third-order valence-electron chi connectivity index (χ3n) is 4.11. The molecule has 176 valence electrons. The van der Waals surface area contributed by atoms with Crippen LogP contribution in [0.1, 0.15) is 25.5 Å². The molecule has 15 heteroatoms. The Labute approximate surface area is 181 Å². The van der Waals surface area contributed by atoms with Crippen molar-refractivity contribution in [3.63, 3.8) is 0 Å². The van der Waals surface area contributed by atoms with Gasteiger partial charge in [-0.25, -0.2) is 4.98 Å². The van der Waals surface area contributed by atoms with Crippen molar-refractivity contribution in [1.29, 1.82) is 0 Å². The molecule has 32 heavy (non-hydrogen) atoms. The average Bonchev–Trinajstić information content (AvgIpc) is 3.18. The number of carboxylic acid groups (broad SMARTS) is 2. The van der Waals surface area contributed by atoms with Gasteiger partial charge in [-0.2, -0.15) is 0 Å². The molecule has 4 unspecified atom stereocenters. The molecule has 0 aliphatic heterocycles. The number of primary amides is 1. The smallest absolute Gasteiger partial charge is 0.325 e. The lowest BCUT2D eigenvalue weighted by Gasteiger charge is -2.23. The predicted molar refractivity (Wildman–Crippen MR) is 105 cm³/mol. The molecule has 0 saturated carbocycles. The Bertz CT molecular complexity index is 857. The molecule has 0 fully saturated rings. The van der Waals surface area contributed by atoms with Crippen LogP contribution in [0.2, 0.25) is 0 Å². The van der Waals surface area contributed by atoms with Gasteiger partial charge >= 0.3 is 11.9 Å². The van der Waals surface area contributed by atoms with Gasteiger partial charge in [0.05, 0.1) is 25.2 Å². The van der Waals surface area contributed by atoms with E-state index >= 15 is 0 Å². The summed E-state index contributed by atoms with van der Waals surface area (Å²) in [5.41, 5.74) is 11.4. The number of aromatic amines is 1. The summed E-state index contributed by atoms with van der Waals surface area (Å²) < 4.78 is 0. The number of aromatic nitrogens is 2. The van der Waals surface area contributed by atoms with Gasteiger partial charge in [0.2, 0.25) is 23.6 Å². The fourth-order valence-corrected chi connectivity index (χ4v) is 2.45. The molecule has 1 aromatic heterocycles. The lowest BCUT2D eigenvalue weighted by atomic mass is 10.1. The van der Waals surface area contributed by atoms with Gasteiger partial charge in [-0.3, -0.25) is 28.8 Å². The van der Waals surface area contributed by atoms with E-state index in [2.05, 4.69) is 20.6 Å². The Morgan fingerprint density at radius 2 is 1.56 bits per heavy atom. The molecule has 0 bridgehead atoms. The summed E-state index contributed by atoms with van der Waals surface area (Å²) in [7, 11) is 0. The largest absolute Gasteiger partial charge is 0.481 e. The van der Waals surface area contributed by atoms with Crippen LogP contribution in [-0.4, -0.2) is 79.9 Å². The molecule has 0 aliphatic rings. The van der Waals surface area contributed by atoms with Crippen LogP contribution in [0.4, 0.5) is 0 Å². The first kappa shape index (κ1) is 26.0. The summed E-state index contributed by atoms with van der Waals surface area (Å²) in [6, 6.07) is -5.74. The second-order valence-corrected chi connectivity index (χ2v) is 6.85. The van der Waals surface area contributed by atoms with Crippen LogP contribution in [0.25, 0.3) is 0 Å². The summed E-state index contributed by atoms with van der Waals surface area (Å²) in [5.74, 6) is -6.81. The zero-order chi connectivity index (χ0) is 24.4. The molecule has 1 rings (SSSR count). The Morgan fingerprint density at radius 1 is 1.00 bits per heavy atom. The zero-order valence-electron chi connectivity index (χ0n) is 17.0. The molecule has 0 radical (unpaired) electrons. The number of imidazole rings is 1. The van der Waals surface area contributed by atoms with E-state index in [1.165, 1.54) is 12.5 Å². The van der Waals surface area contributed by atoms with E-state index in [0.717, 1.165) is 6.92 Å². The number of rotatable bonds is 13. The van der Waals surface area contributed by atoms with Gasteiger partial charge in [-0.1, -0.05) is 0 Å². The van der Waals surface area contributed by atoms with Crippen molar-refractivity contribution >= 4 is 35.6 Å². The Hall–Kier alpha value is -4.01. The summed E-state index contributed by atoms with van der Waals surface area (Å²) in [6.45, 7) is 1.14. The van der Waals surface area contributed by atoms with Crippen LogP contribution >= 0.6 is 0 Å². The van der Waals surface area contributed by atoms with E-state index in [1.54, 1.807) is 0 Å². The maximum absolute atomic E-state index is 12.6. The van der Waals surface area contributed by atoms with Crippen molar-refractivity contribution in [2.75, 3.05) is 0 Å². The van der Waals surface area contributed by atoms with Gasteiger partial charge in [0.25, 0.3) is 0 Å². The van der Waals surface area contributed by atoms with Gasteiger partial charge < -0.3 is 42.6 Å². The average molecular weight is 455 g/mol. The molecule has 10 N–H and O–H groups in total. The van der Waals surface area contributed by atoms with Crippen molar-refractivity contribution in [2.24, 2.45) is 11.5 Å². The SMILES string of the molecule is CC(NC(=O)C(CC(=O)O)NC(=O)C(CC(N)=O)NC(=O)C(N)Cc1cnc[nH]1)C(=O)O. The molecule has 4 amide bonds. The number of nitrogens with zero attached hydrogens (tertiary/aromatic N) is 1. The topological polar surface area (TPSA) is 260 Å². The first-order valence-electron chi connectivity index (χ1n) is 9.27. The van der Waals surface area contributed by atoms with E-state index < -0.39 is 72.6 Å². The van der Waals surface area contributed by atoms with Crippen molar-refractivity contribution in [1.82, 2.24) is 25.9 Å². The minimum atomic E-state index is -1.69. The van der Waals surface area contributed by atoms with Gasteiger partial charge in [-0.05, 0) is 6.92 Å². The number of carboxylic acids is 2. The fourth-order valence-electron chi connectivity index (χ4n) is 2.45. The van der Waals surface area contributed by atoms with Crippen LogP contribution in [-0.2, 0) is 35.2 Å². The van der Waals surface area contributed by atoms with Crippen molar-refractivity contribution < 1.29 is 39.0 Å². The van der Waals surface area contributed by atoms with Gasteiger partial charge in [-0.15, -0.1) is 0 Å². The first-order chi connectivity index (χ1) is 14.9. The maximum Gasteiger partial charge on any atom is 0.325 e. The monoisotopic (exact) mass is 455 g/mol. The quantitative estimate of drug-likeness (QED) is 0.144. The van der Waals surface area contributed by atoms with E-state index in [-0.39, 0.29) is 6.42 Å². The molecule has 1 aromatic rings. The van der Waals surface area contributed by atoms with Crippen LogP contribution < -0.4 is 27.4 Å². The third-order valence-corrected chi connectivity index (χ3v) is 4.11. The number of hydrogen-bond donors (Lipinski definition) is 8. The maximum atomic E-state index is 12.6. The highest BCUT2D eigenvalue weighted by molar-refractivity contribution is 5.97. The Kier molecular flexibility index (Phi) is 9.75. The van der Waals surface area contributed by atoms with Gasteiger partial charge in [0, 0.05) is 18.3 Å². The van der Waals surface area contributed by atoms with Crippen LogP contribution in [0.15, 0.2) is 12.5 Å². The molecule has 1 heterocycles. The predicted octanol–water partition coefficient (Wildman–Crippen LogP) is -3.81. The molecule has 15 nitrogen and oxygen atoms in total. The highest BCUT2D eigenvalue weighted by Gasteiger charge is 2.31. The number of nitrogens with two attached hydrogens (primary N) is 2. The molecule has 0 aromatic carbocycles. The van der Waals surface area contributed by atoms with Crippen LogP contribution in [0.3, 0.4) is 0 Å².